The molecule has 2 aromatic carbocycles. The SMILES string of the molecule is Cc1ccc(C2=NN3[C@@H](C2)c2ccccc2O[C@H]3c2cccs2)cc1. The molecule has 3 nitrogen and oxygen atoms in total. The van der Waals surface area contributed by atoms with Gasteiger partial charge < -0.3 is 4.74 Å². The molecule has 0 saturated heterocycles. The molecule has 0 N–H and O–H groups in total. The molecule has 0 saturated carbocycles. The molecule has 124 valence electrons. The van der Waals surface area contributed by atoms with E-state index >= 15 is 0 Å². The van der Waals surface area contributed by atoms with E-state index in [9.17, 15) is 0 Å². The van der Waals surface area contributed by atoms with E-state index in [0.29, 0.717) is 0 Å². The van der Waals surface area contributed by atoms with Gasteiger partial charge in [0.15, 0.2) is 0 Å². The standard InChI is InChI=1S/C21H18N2OS/c1-14-8-10-15(11-9-14)17-13-18-16-5-2-3-6-19(16)24-21(23(18)22-17)20-7-4-12-25-20/h2-12,18,21H,13H2,1H3/t18-,21-/m0/s1. The van der Waals surface area contributed by atoms with Crippen molar-refractivity contribution in [3.8, 4) is 5.75 Å². The molecule has 0 aliphatic carbocycles. The number of thiophene rings is 1. The second-order valence-corrected chi connectivity index (χ2v) is 7.52. The third kappa shape index (κ3) is 2.45. The lowest BCUT2D eigenvalue weighted by atomic mass is 9.96. The number of hydrogen-bond acceptors (Lipinski definition) is 4. The van der Waals surface area contributed by atoms with Crippen LogP contribution in [-0.2, 0) is 0 Å². The van der Waals surface area contributed by atoms with Crippen LogP contribution in [-0.4, -0.2) is 10.7 Å². The maximum Gasteiger partial charge on any atom is 0.222 e. The number of benzene rings is 2. The first kappa shape index (κ1) is 14.7. The van der Waals surface area contributed by atoms with E-state index < -0.39 is 0 Å². The van der Waals surface area contributed by atoms with Crippen molar-refractivity contribution >= 4 is 17.0 Å². The number of aryl methyl sites for hydroxylation is 1. The minimum Gasteiger partial charge on any atom is -0.464 e. The summed E-state index contributed by atoms with van der Waals surface area (Å²) < 4.78 is 6.32. The molecule has 0 fully saturated rings. The first-order valence-electron chi connectivity index (χ1n) is 8.51. The Morgan fingerprint density at radius 3 is 2.68 bits per heavy atom. The van der Waals surface area contributed by atoms with E-state index in [2.05, 4.69) is 71.9 Å². The maximum absolute atomic E-state index is 6.32. The second kappa shape index (κ2) is 5.74. The number of fused-ring (bicyclic) bond motifs is 3. The van der Waals surface area contributed by atoms with Gasteiger partial charge in [-0.15, -0.1) is 11.3 Å². The molecule has 0 radical (unpaired) electrons. The Hall–Kier alpha value is -2.59. The Labute approximate surface area is 151 Å². The zero-order valence-electron chi connectivity index (χ0n) is 13.9. The molecule has 4 heteroatoms. The van der Waals surface area contributed by atoms with E-state index in [1.165, 1.54) is 21.6 Å². The van der Waals surface area contributed by atoms with Gasteiger partial charge in [0.2, 0.25) is 6.23 Å². The summed E-state index contributed by atoms with van der Waals surface area (Å²) in [7, 11) is 0. The highest BCUT2D eigenvalue weighted by Crippen LogP contribution is 2.47. The molecular weight excluding hydrogens is 328 g/mol. The summed E-state index contributed by atoms with van der Waals surface area (Å²) in [4.78, 5) is 1.19. The topological polar surface area (TPSA) is 24.8 Å². The molecule has 1 aromatic heterocycles. The zero-order valence-corrected chi connectivity index (χ0v) is 14.7. The third-order valence-electron chi connectivity index (χ3n) is 4.87. The van der Waals surface area contributed by atoms with Crippen molar-refractivity contribution < 1.29 is 4.74 Å². The Morgan fingerprint density at radius 1 is 1.04 bits per heavy atom. The monoisotopic (exact) mass is 346 g/mol. The van der Waals surface area contributed by atoms with Gasteiger partial charge in [-0.3, -0.25) is 0 Å². The zero-order chi connectivity index (χ0) is 16.8. The Kier molecular flexibility index (Phi) is 3.38. The van der Waals surface area contributed by atoms with Gasteiger partial charge in [0.1, 0.15) is 5.75 Å². The average molecular weight is 346 g/mol. The highest BCUT2D eigenvalue weighted by Gasteiger charge is 2.41. The van der Waals surface area contributed by atoms with Crippen LogP contribution >= 0.6 is 11.3 Å². The minimum absolute atomic E-state index is 0.150. The van der Waals surface area contributed by atoms with Gasteiger partial charge in [0.05, 0.1) is 16.6 Å². The average Bonchev–Trinajstić information content (AvgIpc) is 3.32. The van der Waals surface area contributed by atoms with Crippen molar-refractivity contribution in [2.45, 2.75) is 25.6 Å². The predicted octanol–water partition coefficient (Wildman–Crippen LogP) is 5.30. The Morgan fingerprint density at radius 2 is 1.88 bits per heavy atom. The largest absolute Gasteiger partial charge is 0.464 e. The molecular formula is C21H18N2OS. The summed E-state index contributed by atoms with van der Waals surface area (Å²) in [5.74, 6) is 0.975. The second-order valence-electron chi connectivity index (χ2n) is 6.54. The van der Waals surface area contributed by atoms with Gasteiger partial charge in [0, 0.05) is 12.0 Å². The molecule has 2 aliphatic rings. The van der Waals surface area contributed by atoms with Crippen LogP contribution in [0.1, 0.15) is 40.3 Å². The van der Waals surface area contributed by atoms with Gasteiger partial charge in [-0.05, 0) is 30.0 Å². The molecule has 0 amide bonds. The summed E-state index contributed by atoms with van der Waals surface area (Å²) in [6, 6.07) is 21.4. The molecule has 3 aromatic rings. The number of para-hydroxylation sites is 1. The van der Waals surface area contributed by atoms with Gasteiger partial charge in [0.25, 0.3) is 0 Å². The number of ether oxygens (including phenoxy) is 1. The fraction of sp³-hybridized carbons (Fsp3) is 0.190. The third-order valence-corrected chi connectivity index (χ3v) is 5.77. The van der Waals surface area contributed by atoms with Crippen molar-refractivity contribution in [3.05, 3.63) is 87.6 Å². The fourth-order valence-electron chi connectivity index (χ4n) is 3.57. The van der Waals surface area contributed by atoms with E-state index in [0.717, 1.165) is 17.9 Å². The minimum atomic E-state index is -0.150. The van der Waals surface area contributed by atoms with Crippen LogP contribution in [0.15, 0.2) is 71.1 Å². The van der Waals surface area contributed by atoms with Gasteiger partial charge in [-0.2, -0.15) is 5.10 Å². The summed E-state index contributed by atoms with van der Waals surface area (Å²) in [5, 5.41) is 9.21. The normalized spacial score (nSPS) is 21.3. The number of rotatable bonds is 2. The van der Waals surface area contributed by atoms with Crippen LogP contribution in [0.3, 0.4) is 0 Å². The van der Waals surface area contributed by atoms with Crippen LogP contribution in [0, 0.1) is 6.92 Å². The van der Waals surface area contributed by atoms with Crippen molar-refractivity contribution in [1.29, 1.82) is 0 Å². The van der Waals surface area contributed by atoms with Crippen LogP contribution in [0.4, 0.5) is 0 Å². The summed E-state index contributed by atoms with van der Waals surface area (Å²) in [6.07, 6.45) is 0.758. The van der Waals surface area contributed by atoms with Gasteiger partial charge in [-0.25, -0.2) is 5.01 Å². The van der Waals surface area contributed by atoms with Crippen LogP contribution in [0.25, 0.3) is 0 Å². The number of hydrogen-bond donors (Lipinski definition) is 0. The van der Waals surface area contributed by atoms with E-state index in [1.807, 2.05) is 6.07 Å². The molecule has 0 unspecified atom stereocenters. The van der Waals surface area contributed by atoms with Gasteiger partial charge >= 0.3 is 0 Å². The maximum atomic E-state index is 6.32. The molecule has 5 rings (SSSR count). The lowest BCUT2D eigenvalue weighted by Gasteiger charge is -2.37. The predicted molar refractivity (Wildman–Crippen MR) is 101 cm³/mol. The van der Waals surface area contributed by atoms with Gasteiger partial charge in [-0.1, -0.05) is 54.1 Å². The Balaban J connectivity index is 1.59. The highest BCUT2D eigenvalue weighted by atomic mass is 32.1. The van der Waals surface area contributed by atoms with Crippen molar-refractivity contribution in [3.63, 3.8) is 0 Å². The first-order valence-corrected chi connectivity index (χ1v) is 9.39. The first-order chi connectivity index (χ1) is 12.3. The van der Waals surface area contributed by atoms with Crippen molar-refractivity contribution in [2.75, 3.05) is 0 Å². The number of hydrazone groups is 1. The molecule has 3 heterocycles. The fourth-order valence-corrected chi connectivity index (χ4v) is 4.32. The molecule has 2 atom stereocenters. The molecule has 25 heavy (non-hydrogen) atoms. The summed E-state index contributed by atoms with van der Waals surface area (Å²) in [5.41, 5.74) is 4.82. The van der Waals surface area contributed by atoms with E-state index in [4.69, 9.17) is 9.84 Å². The summed E-state index contributed by atoms with van der Waals surface area (Å²) in [6.45, 7) is 2.11. The molecule has 2 aliphatic heterocycles. The number of nitrogens with zero attached hydrogens (tertiary/aromatic N) is 2. The quantitative estimate of drug-likeness (QED) is 0.629. The van der Waals surface area contributed by atoms with Crippen LogP contribution in [0.5, 0.6) is 5.75 Å². The lowest BCUT2D eigenvalue weighted by Crippen LogP contribution is -2.33. The lowest BCUT2D eigenvalue weighted by molar-refractivity contribution is -0.0165. The highest BCUT2D eigenvalue weighted by molar-refractivity contribution is 7.10. The molecule has 0 spiro atoms. The Bertz CT molecular complexity index is 931. The smallest absolute Gasteiger partial charge is 0.222 e. The summed E-state index contributed by atoms with van der Waals surface area (Å²) >= 11 is 1.72. The van der Waals surface area contributed by atoms with E-state index in [1.54, 1.807) is 11.3 Å². The van der Waals surface area contributed by atoms with Crippen LogP contribution in [0.2, 0.25) is 0 Å². The van der Waals surface area contributed by atoms with Crippen LogP contribution < -0.4 is 4.74 Å². The van der Waals surface area contributed by atoms with Crippen molar-refractivity contribution in [2.24, 2.45) is 5.10 Å². The van der Waals surface area contributed by atoms with E-state index in [-0.39, 0.29) is 12.3 Å². The van der Waals surface area contributed by atoms with Crippen molar-refractivity contribution in [1.82, 2.24) is 5.01 Å². The molecule has 0 bridgehead atoms.